The first-order chi connectivity index (χ1) is 11.5. The molecule has 2 aromatic rings. The van der Waals surface area contributed by atoms with Gasteiger partial charge in [-0.05, 0) is 39.1 Å². The Morgan fingerprint density at radius 1 is 1.12 bits per heavy atom. The number of nitrogens with zero attached hydrogens (tertiary/aromatic N) is 3. The fourth-order valence-electron chi connectivity index (χ4n) is 2.40. The van der Waals surface area contributed by atoms with Crippen LogP contribution in [0.25, 0.3) is 0 Å². The maximum absolute atomic E-state index is 5.57. The van der Waals surface area contributed by atoms with Crippen molar-refractivity contribution in [3.63, 3.8) is 0 Å². The average Bonchev–Trinajstić information content (AvgIpc) is 2.87. The van der Waals surface area contributed by atoms with Gasteiger partial charge in [-0.25, -0.2) is 4.98 Å². The van der Waals surface area contributed by atoms with Crippen LogP contribution in [0.1, 0.15) is 28.5 Å². The molecule has 2 rings (SSSR count). The number of guanidine groups is 1. The lowest BCUT2D eigenvalue weighted by molar-refractivity contribution is 0.400. The van der Waals surface area contributed by atoms with Gasteiger partial charge in [0, 0.05) is 20.1 Å². The minimum absolute atomic E-state index is 0. The number of aliphatic imine (C=N–C) groups is 1. The molecule has 1 aromatic carbocycles. The molecule has 0 saturated heterocycles. The normalized spacial score (nSPS) is 11.4. The van der Waals surface area contributed by atoms with Crippen molar-refractivity contribution in [1.82, 2.24) is 20.5 Å². The summed E-state index contributed by atoms with van der Waals surface area (Å²) < 4.78 is 5.57. The van der Waals surface area contributed by atoms with E-state index >= 15 is 0 Å². The Hall–Kier alpha value is -1.61. The van der Waals surface area contributed by atoms with Gasteiger partial charge in [0.2, 0.25) is 5.89 Å². The van der Waals surface area contributed by atoms with Crippen molar-refractivity contribution in [2.24, 2.45) is 4.99 Å². The van der Waals surface area contributed by atoms with E-state index in [1.807, 2.05) is 13.8 Å². The highest BCUT2D eigenvalue weighted by Gasteiger charge is 2.07. The zero-order valence-corrected chi connectivity index (χ0v) is 17.9. The molecule has 0 atom stereocenters. The lowest BCUT2D eigenvalue weighted by Crippen LogP contribution is -2.36. The van der Waals surface area contributed by atoms with Gasteiger partial charge in [-0.15, -0.1) is 24.0 Å². The summed E-state index contributed by atoms with van der Waals surface area (Å²) in [6.07, 6.45) is 0. The van der Waals surface area contributed by atoms with Crippen LogP contribution in [-0.4, -0.2) is 37.0 Å². The van der Waals surface area contributed by atoms with E-state index in [0.29, 0.717) is 19.0 Å². The van der Waals surface area contributed by atoms with Crippen molar-refractivity contribution in [3.8, 4) is 0 Å². The average molecular weight is 457 g/mol. The van der Waals surface area contributed by atoms with Crippen molar-refractivity contribution in [1.29, 1.82) is 0 Å². The highest BCUT2D eigenvalue weighted by Crippen LogP contribution is 2.10. The fourth-order valence-corrected chi connectivity index (χ4v) is 2.40. The number of benzene rings is 1. The fraction of sp³-hybridized carbons (Fsp3) is 0.444. The van der Waals surface area contributed by atoms with E-state index in [-0.39, 0.29) is 24.0 Å². The Balaban J connectivity index is 0.00000312. The number of halogens is 1. The molecule has 2 N–H and O–H groups in total. The molecule has 0 fully saturated rings. The molecule has 6 nitrogen and oxygen atoms in total. The molecule has 0 bridgehead atoms. The topological polar surface area (TPSA) is 65.7 Å². The van der Waals surface area contributed by atoms with E-state index in [4.69, 9.17) is 4.42 Å². The van der Waals surface area contributed by atoms with E-state index in [2.05, 4.69) is 63.9 Å². The van der Waals surface area contributed by atoms with Gasteiger partial charge < -0.3 is 20.0 Å². The number of nitrogens with one attached hydrogen (secondary N) is 2. The Morgan fingerprint density at radius 2 is 1.76 bits per heavy atom. The minimum Gasteiger partial charge on any atom is -0.444 e. The van der Waals surface area contributed by atoms with Crippen LogP contribution in [0, 0.1) is 13.8 Å². The molecule has 0 saturated carbocycles. The zero-order chi connectivity index (χ0) is 17.5. The van der Waals surface area contributed by atoms with Gasteiger partial charge in [0.1, 0.15) is 5.76 Å². The summed E-state index contributed by atoms with van der Waals surface area (Å²) >= 11 is 0. The number of hydrogen-bond acceptors (Lipinski definition) is 4. The molecule has 0 aliphatic rings. The molecule has 25 heavy (non-hydrogen) atoms. The van der Waals surface area contributed by atoms with Gasteiger partial charge in [-0.1, -0.05) is 24.3 Å². The van der Waals surface area contributed by atoms with E-state index in [9.17, 15) is 0 Å². The molecule has 1 heterocycles. The van der Waals surface area contributed by atoms with Gasteiger partial charge in [0.15, 0.2) is 5.96 Å². The molecule has 0 aliphatic heterocycles. The predicted molar refractivity (Wildman–Crippen MR) is 112 cm³/mol. The maximum Gasteiger partial charge on any atom is 0.214 e. The molecule has 1 aromatic heterocycles. The SMILES string of the molecule is CN=C(NCc1nc(C)c(C)o1)NCc1ccccc1CN(C)C.I. The van der Waals surface area contributed by atoms with Crippen molar-refractivity contribution < 1.29 is 4.42 Å². The quantitative estimate of drug-likeness (QED) is 0.397. The van der Waals surface area contributed by atoms with Crippen LogP contribution >= 0.6 is 24.0 Å². The number of aromatic nitrogens is 1. The Labute approximate surface area is 167 Å². The third kappa shape index (κ3) is 6.66. The third-order valence-corrected chi connectivity index (χ3v) is 3.75. The second-order valence-corrected chi connectivity index (χ2v) is 6.04. The minimum atomic E-state index is 0. The second-order valence-electron chi connectivity index (χ2n) is 6.04. The predicted octanol–water partition coefficient (Wildman–Crippen LogP) is 2.84. The van der Waals surface area contributed by atoms with E-state index in [0.717, 1.165) is 24.0 Å². The lowest BCUT2D eigenvalue weighted by atomic mass is 10.1. The van der Waals surface area contributed by atoms with Crippen LogP contribution < -0.4 is 10.6 Å². The summed E-state index contributed by atoms with van der Waals surface area (Å²) in [6.45, 7) is 6.00. The molecular weight excluding hydrogens is 429 g/mol. The first kappa shape index (κ1) is 21.4. The first-order valence-corrected chi connectivity index (χ1v) is 8.08. The largest absolute Gasteiger partial charge is 0.444 e. The summed E-state index contributed by atoms with van der Waals surface area (Å²) in [7, 11) is 5.91. The molecule has 138 valence electrons. The third-order valence-electron chi connectivity index (χ3n) is 3.75. The first-order valence-electron chi connectivity index (χ1n) is 8.08. The number of hydrogen-bond donors (Lipinski definition) is 2. The molecule has 0 unspecified atom stereocenters. The van der Waals surface area contributed by atoms with Crippen LogP contribution in [-0.2, 0) is 19.6 Å². The summed E-state index contributed by atoms with van der Waals surface area (Å²) in [4.78, 5) is 10.8. The maximum atomic E-state index is 5.57. The molecule has 7 heteroatoms. The van der Waals surface area contributed by atoms with Crippen LogP contribution in [0.2, 0.25) is 0 Å². The van der Waals surface area contributed by atoms with Crippen molar-refractivity contribution >= 4 is 29.9 Å². The van der Waals surface area contributed by atoms with Gasteiger partial charge >= 0.3 is 0 Å². The second kappa shape index (κ2) is 10.4. The highest BCUT2D eigenvalue weighted by atomic mass is 127. The summed E-state index contributed by atoms with van der Waals surface area (Å²) in [5.41, 5.74) is 3.49. The molecule has 0 spiro atoms. The Kier molecular flexibility index (Phi) is 8.91. The van der Waals surface area contributed by atoms with E-state index in [1.165, 1.54) is 11.1 Å². The molecular formula is C18H28IN5O. The van der Waals surface area contributed by atoms with Crippen LogP contribution in [0.15, 0.2) is 33.7 Å². The molecule has 0 amide bonds. The zero-order valence-electron chi connectivity index (χ0n) is 15.6. The standard InChI is InChI=1S/C18H27N5O.HI/c1-13-14(2)24-17(22-13)11-21-18(19-3)20-10-15-8-6-7-9-16(15)12-23(4)5;/h6-9H,10-12H2,1-5H3,(H2,19,20,21);1H. The van der Waals surface area contributed by atoms with E-state index < -0.39 is 0 Å². The summed E-state index contributed by atoms with van der Waals surface area (Å²) in [6, 6.07) is 8.43. The Morgan fingerprint density at radius 3 is 2.32 bits per heavy atom. The monoisotopic (exact) mass is 457 g/mol. The number of aryl methyl sites for hydroxylation is 2. The lowest BCUT2D eigenvalue weighted by Gasteiger charge is -2.16. The summed E-state index contributed by atoms with van der Waals surface area (Å²) in [5.74, 6) is 2.25. The van der Waals surface area contributed by atoms with Crippen molar-refractivity contribution in [2.45, 2.75) is 33.5 Å². The summed E-state index contributed by atoms with van der Waals surface area (Å²) in [5, 5.41) is 6.57. The smallest absolute Gasteiger partial charge is 0.214 e. The van der Waals surface area contributed by atoms with Gasteiger partial charge in [0.25, 0.3) is 0 Å². The number of rotatable bonds is 6. The van der Waals surface area contributed by atoms with Crippen molar-refractivity contribution in [2.75, 3.05) is 21.1 Å². The van der Waals surface area contributed by atoms with Crippen molar-refractivity contribution in [3.05, 3.63) is 52.7 Å². The van der Waals surface area contributed by atoms with Crippen LogP contribution in [0.4, 0.5) is 0 Å². The van der Waals surface area contributed by atoms with Crippen LogP contribution in [0.3, 0.4) is 0 Å². The van der Waals surface area contributed by atoms with Gasteiger partial charge in [-0.2, -0.15) is 0 Å². The van der Waals surface area contributed by atoms with Gasteiger partial charge in [-0.3, -0.25) is 4.99 Å². The molecule has 0 radical (unpaired) electrons. The van der Waals surface area contributed by atoms with Crippen LogP contribution in [0.5, 0.6) is 0 Å². The highest BCUT2D eigenvalue weighted by molar-refractivity contribution is 14.0. The van der Waals surface area contributed by atoms with Gasteiger partial charge in [0.05, 0.1) is 12.2 Å². The Bertz CT molecular complexity index is 677. The van der Waals surface area contributed by atoms with E-state index in [1.54, 1.807) is 7.05 Å². The molecule has 0 aliphatic carbocycles. The number of oxazole rings is 1.